The third-order valence-corrected chi connectivity index (χ3v) is 3.87. The summed E-state index contributed by atoms with van der Waals surface area (Å²) in [6, 6.07) is 2.28. The number of amides is 1. The van der Waals surface area contributed by atoms with Gasteiger partial charge in [0.15, 0.2) is 0 Å². The number of aromatic nitrogens is 1. The highest BCUT2D eigenvalue weighted by atomic mass is 16.2. The van der Waals surface area contributed by atoms with Gasteiger partial charge in [0.2, 0.25) is 0 Å². The van der Waals surface area contributed by atoms with E-state index in [0.29, 0.717) is 6.04 Å². The first-order chi connectivity index (χ1) is 8.20. The van der Waals surface area contributed by atoms with Gasteiger partial charge in [-0.1, -0.05) is 0 Å². The Hall–Kier alpha value is -1.29. The van der Waals surface area contributed by atoms with E-state index in [9.17, 15) is 4.79 Å². The maximum absolute atomic E-state index is 12.0. The third-order valence-electron chi connectivity index (χ3n) is 3.87. The van der Waals surface area contributed by atoms with E-state index in [1.165, 1.54) is 19.5 Å². The standard InChI is InChI=1S/C13H19N3O/c1-10-2-5-16(7-10)13(17)14-12-6-11-3-4-15(8-11)9-12/h2,5,7,11-12H,3-4,6,8-9H2,1H3,(H,14,17)/t11-,12-/m1/s1. The van der Waals surface area contributed by atoms with E-state index in [2.05, 4.69) is 10.2 Å². The molecule has 1 aromatic rings. The molecule has 17 heavy (non-hydrogen) atoms. The lowest BCUT2D eigenvalue weighted by Gasteiger charge is -2.30. The van der Waals surface area contributed by atoms with Crippen molar-refractivity contribution >= 4 is 6.03 Å². The summed E-state index contributed by atoms with van der Waals surface area (Å²) in [5.41, 5.74) is 1.12. The molecule has 4 heteroatoms. The molecule has 1 amide bonds. The summed E-state index contributed by atoms with van der Waals surface area (Å²) in [4.78, 5) is 14.5. The van der Waals surface area contributed by atoms with Crippen LogP contribution in [-0.4, -0.2) is 41.2 Å². The van der Waals surface area contributed by atoms with Gasteiger partial charge in [0.1, 0.15) is 0 Å². The summed E-state index contributed by atoms with van der Waals surface area (Å²) in [6.45, 7) is 5.45. The van der Waals surface area contributed by atoms with Crippen LogP contribution in [0.1, 0.15) is 18.4 Å². The number of rotatable bonds is 1. The molecule has 0 radical (unpaired) electrons. The molecule has 0 aromatic carbocycles. The zero-order valence-corrected chi connectivity index (χ0v) is 10.2. The van der Waals surface area contributed by atoms with E-state index in [1.807, 2.05) is 25.4 Å². The zero-order valence-electron chi connectivity index (χ0n) is 10.2. The van der Waals surface area contributed by atoms with Crippen molar-refractivity contribution in [2.45, 2.75) is 25.8 Å². The van der Waals surface area contributed by atoms with Crippen molar-refractivity contribution in [1.29, 1.82) is 0 Å². The number of carbonyl (C=O) groups excluding carboxylic acids is 1. The molecule has 0 saturated carbocycles. The van der Waals surface area contributed by atoms with Crippen LogP contribution in [-0.2, 0) is 0 Å². The van der Waals surface area contributed by atoms with Crippen molar-refractivity contribution in [1.82, 2.24) is 14.8 Å². The molecule has 92 valence electrons. The van der Waals surface area contributed by atoms with Crippen LogP contribution in [0.3, 0.4) is 0 Å². The molecule has 2 fully saturated rings. The smallest absolute Gasteiger partial charge is 0.325 e. The van der Waals surface area contributed by atoms with Gasteiger partial charge in [0, 0.05) is 31.5 Å². The van der Waals surface area contributed by atoms with E-state index in [-0.39, 0.29) is 6.03 Å². The minimum absolute atomic E-state index is 0.00519. The van der Waals surface area contributed by atoms with Crippen molar-refractivity contribution in [3.63, 3.8) is 0 Å². The normalized spacial score (nSPS) is 31.5. The summed E-state index contributed by atoms with van der Waals surface area (Å²) >= 11 is 0. The molecule has 1 N–H and O–H groups in total. The lowest BCUT2D eigenvalue weighted by molar-refractivity contribution is 0.206. The molecule has 1 aromatic heterocycles. The molecule has 0 spiro atoms. The number of nitrogens with one attached hydrogen (secondary N) is 1. The predicted octanol–water partition coefficient (Wildman–Crippen LogP) is 1.45. The Kier molecular flexibility index (Phi) is 2.67. The largest absolute Gasteiger partial charge is 0.333 e. The number of piperidine rings is 1. The molecule has 0 aliphatic carbocycles. The molecule has 2 bridgehead atoms. The van der Waals surface area contributed by atoms with Crippen LogP contribution in [0.2, 0.25) is 0 Å². The van der Waals surface area contributed by atoms with Crippen LogP contribution in [0.25, 0.3) is 0 Å². The average Bonchev–Trinajstić information content (AvgIpc) is 2.85. The van der Waals surface area contributed by atoms with Gasteiger partial charge >= 0.3 is 6.03 Å². The fourth-order valence-corrected chi connectivity index (χ4v) is 3.04. The molecule has 1 unspecified atom stereocenters. The van der Waals surface area contributed by atoms with Gasteiger partial charge < -0.3 is 10.2 Å². The first-order valence-electron chi connectivity index (χ1n) is 6.38. The minimum Gasteiger partial charge on any atom is -0.333 e. The number of hydrogen-bond acceptors (Lipinski definition) is 2. The average molecular weight is 233 g/mol. The highest BCUT2D eigenvalue weighted by Gasteiger charge is 2.32. The first kappa shape index (κ1) is 10.8. The third kappa shape index (κ3) is 2.22. The Morgan fingerprint density at radius 3 is 3.06 bits per heavy atom. The topological polar surface area (TPSA) is 37.3 Å². The van der Waals surface area contributed by atoms with E-state index < -0.39 is 0 Å². The van der Waals surface area contributed by atoms with Gasteiger partial charge in [-0.3, -0.25) is 4.57 Å². The monoisotopic (exact) mass is 233 g/mol. The van der Waals surface area contributed by atoms with Gasteiger partial charge in [0.25, 0.3) is 0 Å². The van der Waals surface area contributed by atoms with Crippen LogP contribution < -0.4 is 5.32 Å². The Morgan fingerprint density at radius 1 is 1.47 bits per heavy atom. The summed E-state index contributed by atoms with van der Waals surface area (Å²) in [5.74, 6) is 0.792. The van der Waals surface area contributed by atoms with Crippen LogP contribution >= 0.6 is 0 Å². The molecule has 2 aliphatic rings. The van der Waals surface area contributed by atoms with Crippen LogP contribution in [0.15, 0.2) is 18.5 Å². The lowest BCUT2D eigenvalue weighted by atomic mass is 9.97. The number of fused-ring (bicyclic) bond motifs is 2. The lowest BCUT2D eigenvalue weighted by Crippen LogP contribution is -2.47. The quantitative estimate of drug-likeness (QED) is 0.797. The van der Waals surface area contributed by atoms with E-state index >= 15 is 0 Å². The van der Waals surface area contributed by atoms with Crippen molar-refractivity contribution in [2.24, 2.45) is 5.92 Å². The highest BCUT2D eigenvalue weighted by molar-refractivity contribution is 5.77. The Labute approximate surface area is 102 Å². The maximum Gasteiger partial charge on any atom is 0.325 e. The summed E-state index contributed by atoms with van der Waals surface area (Å²) in [7, 11) is 0. The van der Waals surface area contributed by atoms with Gasteiger partial charge in [-0.2, -0.15) is 0 Å². The van der Waals surface area contributed by atoms with Crippen molar-refractivity contribution in [3.8, 4) is 0 Å². The molecular formula is C13H19N3O. The molecular weight excluding hydrogens is 214 g/mol. The van der Waals surface area contributed by atoms with E-state index in [4.69, 9.17) is 0 Å². The second kappa shape index (κ2) is 4.18. The van der Waals surface area contributed by atoms with Crippen LogP contribution in [0.4, 0.5) is 4.79 Å². The SMILES string of the molecule is Cc1ccn(C(=O)N[C@@H]2C[C@H]3CCN(C3)C2)c1. The molecule has 3 atom stereocenters. The fourth-order valence-electron chi connectivity index (χ4n) is 3.04. The summed E-state index contributed by atoms with van der Waals surface area (Å²) < 4.78 is 1.64. The van der Waals surface area contributed by atoms with Gasteiger partial charge in [-0.05, 0) is 43.9 Å². The Balaban J connectivity index is 1.62. The van der Waals surface area contributed by atoms with Gasteiger partial charge in [-0.15, -0.1) is 0 Å². The van der Waals surface area contributed by atoms with Crippen LogP contribution in [0.5, 0.6) is 0 Å². The van der Waals surface area contributed by atoms with Crippen molar-refractivity contribution < 1.29 is 4.79 Å². The van der Waals surface area contributed by atoms with Crippen molar-refractivity contribution in [2.75, 3.05) is 19.6 Å². The van der Waals surface area contributed by atoms with Crippen LogP contribution in [0, 0.1) is 12.8 Å². The van der Waals surface area contributed by atoms with E-state index in [1.54, 1.807) is 4.57 Å². The van der Waals surface area contributed by atoms with E-state index in [0.717, 1.165) is 24.4 Å². The number of hydrogen-bond donors (Lipinski definition) is 1. The minimum atomic E-state index is 0.00519. The number of nitrogens with zero attached hydrogens (tertiary/aromatic N) is 2. The number of carbonyl (C=O) groups is 1. The Morgan fingerprint density at radius 2 is 2.35 bits per heavy atom. The number of aryl methyl sites for hydroxylation is 1. The highest BCUT2D eigenvalue weighted by Crippen LogP contribution is 2.26. The second-order valence-electron chi connectivity index (χ2n) is 5.39. The van der Waals surface area contributed by atoms with Gasteiger partial charge in [-0.25, -0.2) is 4.79 Å². The van der Waals surface area contributed by atoms with Crippen molar-refractivity contribution in [3.05, 3.63) is 24.0 Å². The fraction of sp³-hybridized carbons (Fsp3) is 0.615. The summed E-state index contributed by atoms with van der Waals surface area (Å²) in [6.07, 6.45) is 6.13. The molecule has 3 heterocycles. The maximum atomic E-state index is 12.0. The second-order valence-corrected chi connectivity index (χ2v) is 5.39. The van der Waals surface area contributed by atoms with Gasteiger partial charge in [0.05, 0.1) is 0 Å². The Bertz CT molecular complexity index is 414. The molecule has 4 nitrogen and oxygen atoms in total. The first-order valence-corrected chi connectivity index (χ1v) is 6.38. The summed E-state index contributed by atoms with van der Waals surface area (Å²) in [5, 5.41) is 3.13. The molecule has 2 aliphatic heterocycles. The zero-order chi connectivity index (χ0) is 11.8. The molecule has 2 saturated heterocycles. The molecule has 3 rings (SSSR count). The predicted molar refractivity (Wildman–Crippen MR) is 66.1 cm³/mol.